The van der Waals surface area contributed by atoms with E-state index in [4.69, 9.17) is 37.4 Å². The molecule has 170 valence electrons. The van der Waals surface area contributed by atoms with E-state index in [1.54, 1.807) is 0 Å². The molecule has 0 N–H and O–H groups in total. The van der Waals surface area contributed by atoms with Crippen molar-refractivity contribution in [3.05, 3.63) is 87.9 Å². The van der Waals surface area contributed by atoms with Crippen LogP contribution in [-0.4, -0.2) is 12.2 Å². The number of ether oxygens (including phenoxy) is 3. The minimum absolute atomic E-state index is 0.286. The highest BCUT2D eigenvalue weighted by atomic mass is 35.5. The standard InChI is InChI=1S/C27H30Cl2O3/c1-26(2,3)32-25-23(28)15-20(16-24(25)29)27(4,5)18-30-17-19-10-9-13-22(14-19)31-21-11-7-6-8-12-21/h6-16H,17-18H2,1-5H3. The van der Waals surface area contributed by atoms with Crippen molar-refractivity contribution in [3.63, 3.8) is 0 Å². The third-order valence-corrected chi connectivity index (χ3v) is 5.36. The summed E-state index contributed by atoms with van der Waals surface area (Å²) < 4.78 is 17.9. The Morgan fingerprint density at radius 3 is 2.00 bits per heavy atom. The van der Waals surface area contributed by atoms with Crippen LogP contribution in [0.5, 0.6) is 17.2 Å². The number of halogens is 2. The molecule has 3 aromatic rings. The van der Waals surface area contributed by atoms with Crippen molar-refractivity contribution in [2.45, 2.75) is 52.2 Å². The molecule has 0 spiro atoms. The Labute approximate surface area is 201 Å². The fourth-order valence-corrected chi connectivity index (χ4v) is 3.75. The van der Waals surface area contributed by atoms with E-state index >= 15 is 0 Å². The monoisotopic (exact) mass is 472 g/mol. The van der Waals surface area contributed by atoms with E-state index in [-0.39, 0.29) is 11.0 Å². The molecule has 3 rings (SSSR count). The molecule has 0 radical (unpaired) electrons. The molecule has 32 heavy (non-hydrogen) atoms. The summed E-state index contributed by atoms with van der Waals surface area (Å²) in [6.07, 6.45) is 0. The molecule has 0 atom stereocenters. The minimum atomic E-state index is -0.383. The first-order chi connectivity index (χ1) is 15.0. The molecule has 0 heterocycles. The zero-order valence-electron chi connectivity index (χ0n) is 19.2. The van der Waals surface area contributed by atoms with Crippen LogP contribution in [0.2, 0.25) is 10.0 Å². The average molecular weight is 473 g/mol. The molecule has 0 saturated heterocycles. The van der Waals surface area contributed by atoms with Gasteiger partial charge in [0.2, 0.25) is 0 Å². The molecule has 0 aliphatic carbocycles. The summed E-state index contributed by atoms with van der Waals surface area (Å²) in [5, 5.41) is 1.00. The average Bonchev–Trinajstić information content (AvgIpc) is 2.71. The second kappa shape index (κ2) is 10.2. The van der Waals surface area contributed by atoms with Crippen LogP contribution >= 0.6 is 23.2 Å². The molecule has 3 aromatic carbocycles. The number of hydrogen-bond acceptors (Lipinski definition) is 3. The normalized spacial score (nSPS) is 12.0. The third kappa shape index (κ3) is 6.90. The van der Waals surface area contributed by atoms with E-state index < -0.39 is 0 Å². The molecule has 0 aliphatic rings. The Balaban J connectivity index is 1.64. The molecular weight excluding hydrogens is 443 g/mol. The van der Waals surface area contributed by atoms with Crippen molar-refractivity contribution < 1.29 is 14.2 Å². The summed E-state index contributed by atoms with van der Waals surface area (Å²) in [6, 6.07) is 21.5. The topological polar surface area (TPSA) is 27.7 Å². The van der Waals surface area contributed by atoms with Crippen LogP contribution in [0.15, 0.2) is 66.7 Å². The van der Waals surface area contributed by atoms with E-state index in [0.29, 0.717) is 29.0 Å². The maximum atomic E-state index is 6.50. The SMILES string of the molecule is CC(C)(C)Oc1c(Cl)cc(C(C)(C)COCc2cccc(Oc3ccccc3)c2)cc1Cl. The lowest BCUT2D eigenvalue weighted by Crippen LogP contribution is -2.25. The summed E-state index contributed by atoms with van der Waals surface area (Å²) in [4.78, 5) is 0. The molecule has 0 bridgehead atoms. The predicted molar refractivity (Wildman–Crippen MR) is 132 cm³/mol. The molecule has 3 nitrogen and oxygen atoms in total. The van der Waals surface area contributed by atoms with Crippen LogP contribution in [0.4, 0.5) is 0 Å². The lowest BCUT2D eigenvalue weighted by molar-refractivity contribution is 0.0823. The largest absolute Gasteiger partial charge is 0.485 e. The van der Waals surface area contributed by atoms with Gasteiger partial charge in [-0.1, -0.05) is 67.4 Å². The van der Waals surface area contributed by atoms with E-state index in [1.807, 2.05) is 87.5 Å². The maximum absolute atomic E-state index is 6.50. The first-order valence-corrected chi connectivity index (χ1v) is 11.4. The van der Waals surface area contributed by atoms with E-state index in [1.165, 1.54) is 0 Å². The molecule has 0 aromatic heterocycles. The van der Waals surface area contributed by atoms with Crippen molar-refractivity contribution in [2.24, 2.45) is 0 Å². The van der Waals surface area contributed by atoms with E-state index in [9.17, 15) is 0 Å². The lowest BCUT2D eigenvalue weighted by Gasteiger charge is -2.28. The highest BCUT2D eigenvalue weighted by Crippen LogP contribution is 2.39. The van der Waals surface area contributed by atoms with Gasteiger partial charge in [-0.2, -0.15) is 0 Å². The first-order valence-electron chi connectivity index (χ1n) is 10.6. The van der Waals surface area contributed by atoms with Crippen LogP contribution in [0, 0.1) is 0 Å². The predicted octanol–water partition coefficient (Wildman–Crippen LogP) is 8.46. The molecule has 0 fully saturated rings. The Morgan fingerprint density at radius 1 is 0.750 bits per heavy atom. The van der Waals surface area contributed by atoms with Gasteiger partial charge in [-0.25, -0.2) is 0 Å². The van der Waals surface area contributed by atoms with Gasteiger partial charge in [0.1, 0.15) is 17.1 Å². The van der Waals surface area contributed by atoms with Gasteiger partial charge < -0.3 is 14.2 Å². The van der Waals surface area contributed by atoms with Gasteiger partial charge in [0.05, 0.1) is 23.3 Å². The fourth-order valence-electron chi connectivity index (χ4n) is 3.19. The van der Waals surface area contributed by atoms with Crippen molar-refractivity contribution in [1.82, 2.24) is 0 Å². The summed E-state index contributed by atoms with van der Waals surface area (Å²) in [6.45, 7) is 11.1. The quantitative estimate of drug-likeness (QED) is 0.328. The summed E-state index contributed by atoms with van der Waals surface area (Å²) in [7, 11) is 0. The van der Waals surface area contributed by atoms with Crippen LogP contribution in [0.1, 0.15) is 45.7 Å². The zero-order valence-corrected chi connectivity index (χ0v) is 20.8. The van der Waals surface area contributed by atoms with Gasteiger partial charge in [0.25, 0.3) is 0 Å². The fraction of sp³-hybridized carbons (Fsp3) is 0.333. The Morgan fingerprint density at radius 2 is 1.38 bits per heavy atom. The number of hydrogen-bond donors (Lipinski definition) is 0. The molecule has 5 heteroatoms. The summed E-state index contributed by atoms with van der Waals surface area (Å²) in [5.74, 6) is 2.10. The molecule has 0 aliphatic heterocycles. The van der Waals surface area contributed by atoms with Gasteiger partial charge in [-0.15, -0.1) is 0 Å². The van der Waals surface area contributed by atoms with Crippen molar-refractivity contribution in [1.29, 1.82) is 0 Å². The number of benzene rings is 3. The molecular formula is C27H30Cl2O3. The van der Waals surface area contributed by atoms with Gasteiger partial charge in [-0.3, -0.25) is 0 Å². The first kappa shape index (κ1) is 24.4. The summed E-state index contributed by atoms with van der Waals surface area (Å²) >= 11 is 13.0. The van der Waals surface area contributed by atoms with Gasteiger partial charge in [0.15, 0.2) is 5.75 Å². The van der Waals surface area contributed by atoms with Gasteiger partial charge in [-0.05, 0) is 68.3 Å². The van der Waals surface area contributed by atoms with Crippen molar-refractivity contribution in [3.8, 4) is 17.2 Å². The number of para-hydroxylation sites is 1. The highest BCUT2D eigenvalue weighted by Gasteiger charge is 2.25. The smallest absolute Gasteiger partial charge is 0.157 e. The maximum Gasteiger partial charge on any atom is 0.157 e. The highest BCUT2D eigenvalue weighted by molar-refractivity contribution is 6.37. The Hall–Kier alpha value is -2.20. The minimum Gasteiger partial charge on any atom is -0.485 e. The molecule has 0 saturated carbocycles. The van der Waals surface area contributed by atoms with E-state index in [0.717, 1.165) is 22.6 Å². The number of rotatable bonds is 8. The van der Waals surface area contributed by atoms with Crippen LogP contribution in [0.25, 0.3) is 0 Å². The lowest BCUT2D eigenvalue weighted by atomic mass is 9.85. The van der Waals surface area contributed by atoms with Crippen molar-refractivity contribution in [2.75, 3.05) is 6.61 Å². The summed E-state index contributed by atoms with van der Waals surface area (Å²) in [5.41, 5.74) is 1.37. The second-order valence-electron chi connectivity index (χ2n) is 9.42. The van der Waals surface area contributed by atoms with Crippen LogP contribution in [0.3, 0.4) is 0 Å². The Bertz CT molecular complexity index is 1020. The zero-order chi connectivity index (χ0) is 23.4. The molecule has 0 amide bonds. The second-order valence-corrected chi connectivity index (χ2v) is 10.2. The van der Waals surface area contributed by atoms with E-state index in [2.05, 4.69) is 13.8 Å². The van der Waals surface area contributed by atoms with Gasteiger partial charge >= 0.3 is 0 Å². The third-order valence-electron chi connectivity index (χ3n) is 4.80. The van der Waals surface area contributed by atoms with Crippen LogP contribution in [-0.2, 0) is 16.8 Å². The van der Waals surface area contributed by atoms with Gasteiger partial charge in [0, 0.05) is 5.41 Å². The Kier molecular flexibility index (Phi) is 7.76. The van der Waals surface area contributed by atoms with Crippen LogP contribution < -0.4 is 9.47 Å². The van der Waals surface area contributed by atoms with Crippen molar-refractivity contribution >= 4 is 23.2 Å². The molecule has 0 unspecified atom stereocenters.